The van der Waals surface area contributed by atoms with Crippen molar-refractivity contribution in [2.24, 2.45) is 0 Å². The Labute approximate surface area is 106 Å². The van der Waals surface area contributed by atoms with Crippen LogP contribution in [0, 0.1) is 0 Å². The summed E-state index contributed by atoms with van der Waals surface area (Å²) in [5.41, 5.74) is 0.157. The van der Waals surface area contributed by atoms with E-state index < -0.39 is 17.7 Å². The van der Waals surface area contributed by atoms with E-state index in [1.54, 1.807) is 0 Å². The van der Waals surface area contributed by atoms with Gasteiger partial charge in [0.25, 0.3) is 0 Å². The molecular formula is C12H20O6. The quantitative estimate of drug-likeness (QED) is 0.409. The van der Waals surface area contributed by atoms with Crippen molar-refractivity contribution < 1.29 is 30.0 Å². The highest BCUT2D eigenvalue weighted by Crippen LogP contribution is 2.00. The SMILES string of the molecule is C=C(CCCO)C(=O)O.CCC/C=C(\O)C(=O)O. The van der Waals surface area contributed by atoms with Crippen LogP contribution in [0.1, 0.15) is 32.6 Å². The van der Waals surface area contributed by atoms with E-state index >= 15 is 0 Å². The highest BCUT2D eigenvalue weighted by molar-refractivity contribution is 5.85. The maximum Gasteiger partial charge on any atom is 0.370 e. The van der Waals surface area contributed by atoms with Gasteiger partial charge >= 0.3 is 11.9 Å². The Morgan fingerprint density at radius 2 is 1.72 bits per heavy atom. The van der Waals surface area contributed by atoms with Gasteiger partial charge in [0.2, 0.25) is 0 Å². The van der Waals surface area contributed by atoms with E-state index in [-0.39, 0.29) is 12.2 Å². The maximum atomic E-state index is 10.0. The van der Waals surface area contributed by atoms with Crippen LogP contribution in [-0.4, -0.2) is 39.0 Å². The summed E-state index contributed by atoms with van der Waals surface area (Å²) in [5, 5.41) is 33.1. The number of rotatable bonds is 7. The van der Waals surface area contributed by atoms with E-state index in [0.717, 1.165) is 6.42 Å². The van der Waals surface area contributed by atoms with Gasteiger partial charge < -0.3 is 20.4 Å². The summed E-state index contributed by atoms with van der Waals surface area (Å²) < 4.78 is 0. The van der Waals surface area contributed by atoms with E-state index in [2.05, 4.69) is 6.58 Å². The van der Waals surface area contributed by atoms with Gasteiger partial charge in [0.15, 0.2) is 5.76 Å². The fraction of sp³-hybridized carbons (Fsp3) is 0.500. The average molecular weight is 260 g/mol. The van der Waals surface area contributed by atoms with E-state index in [1.165, 1.54) is 6.08 Å². The van der Waals surface area contributed by atoms with E-state index in [1.807, 2.05) is 6.92 Å². The van der Waals surface area contributed by atoms with Crippen molar-refractivity contribution in [2.45, 2.75) is 32.6 Å². The molecule has 0 unspecified atom stereocenters. The highest BCUT2D eigenvalue weighted by atomic mass is 16.4. The van der Waals surface area contributed by atoms with E-state index in [4.69, 9.17) is 20.4 Å². The standard InChI is InChI=1S/2C6H10O3/c1-5(6(8)9)3-2-4-7;1-2-3-4-5(7)6(8)9/h7H,1-4H2,(H,8,9);4,7H,2-3H2,1H3,(H,8,9)/b;5-4-. The summed E-state index contributed by atoms with van der Waals surface area (Å²) in [4.78, 5) is 19.9. The minimum atomic E-state index is -1.26. The van der Waals surface area contributed by atoms with Crippen molar-refractivity contribution in [3.63, 3.8) is 0 Å². The van der Waals surface area contributed by atoms with Crippen molar-refractivity contribution in [2.75, 3.05) is 6.61 Å². The van der Waals surface area contributed by atoms with Gasteiger partial charge in [0, 0.05) is 12.2 Å². The van der Waals surface area contributed by atoms with Crippen molar-refractivity contribution in [3.8, 4) is 0 Å². The molecule has 0 aromatic rings. The predicted molar refractivity (Wildman–Crippen MR) is 66.4 cm³/mol. The minimum Gasteiger partial charge on any atom is -0.502 e. The summed E-state index contributed by atoms with van der Waals surface area (Å²) in [6, 6.07) is 0. The number of carbonyl (C=O) groups is 2. The molecule has 0 aromatic carbocycles. The molecule has 104 valence electrons. The van der Waals surface area contributed by atoms with Gasteiger partial charge in [-0.05, 0) is 25.3 Å². The highest BCUT2D eigenvalue weighted by Gasteiger charge is 2.01. The van der Waals surface area contributed by atoms with Crippen molar-refractivity contribution in [1.29, 1.82) is 0 Å². The third-order valence-corrected chi connectivity index (χ3v) is 1.78. The lowest BCUT2D eigenvalue weighted by Gasteiger charge is -1.94. The third kappa shape index (κ3) is 12.3. The second-order valence-corrected chi connectivity index (χ2v) is 3.42. The number of carboxylic acid groups (broad SMARTS) is 2. The zero-order chi connectivity index (χ0) is 14.6. The number of aliphatic carboxylic acids is 2. The zero-order valence-corrected chi connectivity index (χ0v) is 10.4. The number of hydrogen-bond donors (Lipinski definition) is 4. The molecule has 0 aliphatic rings. The molecule has 0 radical (unpaired) electrons. The maximum absolute atomic E-state index is 10.0. The molecule has 0 heterocycles. The number of allylic oxidation sites excluding steroid dienone is 1. The molecule has 4 N–H and O–H groups in total. The molecule has 0 saturated heterocycles. The van der Waals surface area contributed by atoms with Crippen LogP contribution in [0.15, 0.2) is 24.0 Å². The van der Waals surface area contributed by atoms with Crippen molar-refractivity contribution in [1.82, 2.24) is 0 Å². The Hall–Kier alpha value is -1.82. The molecule has 0 bridgehead atoms. The first-order chi connectivity index (χ1) is 8.36. The number of unbranched alkanes of at least 4 members (excludes halogenated alkanes) is 1. The fourth-order valence-electron chi connectivity index (χ4n) is 0.768. The molecule has 0 amide bonds. The third-order valence-electron chi connectivity index (χ3n) is 1.78. The van der Waals surface area contributed by atoms with Gasteiger partial charge in [-0.1, -0.05) is 19.9 Å². The van der Waals surface area contributed by atoms with Crippen LogP contribution < -0.4 is 0 Å². The summed E-state index contributed by atoms with van der Waals surface area (Å²) in [7, 11) is 0. The summed E-state index contributed by atoms with van der Waals surface area (Å²) in [6.45, 7) is 5.21. The van der Waals surface area contributed by atoms with Crippen LogP contribution in [0.25, 0.3) is 0 Å². The molecule has 6 nitrogen and oxygen atoms in total. The van der Waals surface area contributed by atoms with Crippen molar-refractivity contribution >= 4 is 11.9 Å². The van der Waals surface area contributed by atoms with E-state index in [0.29, 0.717) is 19.3 Å². The molecule has 0 atom stereocenters. The first-order valence-electron chi connectivity index (χ1n) is 5.51. The Balaban J connectivity index is 0. The topological polar surface area (TPSA) is 115 Å². The Bertz CT molecular complexity index is 306. The lowest BCUT2D eigenvalue weighted by Crippen LogP contribution is -1.99. The lowest BCUT2D eigenvalue weighted by molar-refractivity contribution is -0.135. The summed E-state index contributed by atoms with van der Waals surface area (Å²) in [6.07, 6.45) is 3.59. The summed E-state index contributed by atoms with van der Waals surface area (Å²) >= 11 is 0. The second-order valence-electron chi connectivity index (χ2n) is 3.42. The zero-order valence-electron chi connectivity index (χ0n) is 10.4. The molecule has 0 aliphatic heterocycles. The molecule has 0 saturated carbocycles. The minimum absolute atomic E-state index is 0.0201. The fourth-order valence-corrected chi connectivity index (χ4v) is 0.768. The first-order valence-corrected chi connectivity index (χ1v) is 5.51. The molecule has 0 aliphatic carbocycles. The van der Waals surface area contributed by atoms with Gasteiger partial charge in [-0.3, -0.25) is 0 Å². The molecule has 6 heteroatoms. The van der Waals surface area contributed by atoms with Crippen LogP contribution in [0.5, 0.6) is 0 Å². The molecular weight excluding hydrogens is 240 g/mol. The van der Waals surface area contributed by atoms with Crippen LogP contribution in [0.4, 0.5) is 0 Å². The van der Waals surface area contributed by atoms with Gasteiger partial charge in [-0.25, -0.2) is 9.59 Å². The smallest absolute Gasteiger partial charge is 0.370 e. The largest absolute Gasteiger partial charge is 0.502 e. The number of hydrogen-bond acceptors (Lipinski definition) is 4. The Kier molecular flexibility index (Phi) is 12.0. The Morgan fingerprint density at radius 3 is 2.06 bits per heavy atom. The van der Waals surface area contributed by atoms with Crippen LogP contribution in [-0.2, 0) is 9.59 Å². The number of aliphatic hydroxyl groups is 2. The van der Waals surface area contributed by atoms with Crippen LogP contribution in [0.2, 0.25) is 0 Å². The van der Waals surface area contributed by atoms with Gasteiger partial charge in [0.1, 0.15) is 0 Å². The molecule has 18 heavy (non-hydrogen) atoms. The van der Waals surface area contributed by atoms with E-state index in [9.17, 15) is 9.59 Å². The van der Waals surface area contributed by atoms with Crippen LogP contribution >= 0.6 is 0 Å². The summed E-state index contributed by atoms with van der Waals surface area (Å²) in [5.74, 6) is -2.80. The van der Waals surface area contributed by atoms with Crippen molar-refractivity contribution in [3.05, 3.63) is 24.0 Å². The van der Waals surface area contributed by atoms with Crippen LogP contribution in [0.3, 0.4) is 0 Å². The average Bonchev–Trinajstić information content (AvgIpc) is 2.33. The normalized spacial score (nSPS) is 10.2. The first kappa shape index (κ1) is 18.5. The lowest BCUT2D eigenvalue weighted by atomic mass is 10.2. The number of aliphatic hydroxyl groups excluding tert-OH is 2. The molecule has 0 fully saturated rings. The monoisotopic (exact) mass is 260 g/mol. The predicted octanol–water partition coefficient (Wildman–Crippen LogP) is 1.71. The van der Waals surface area contributed by atoms with Gasteiger partial charge in [-0.2, -0.15) is 0 Å². The van der Waals surface area contributed by atoms with Gasteiger partial charge in [0.05, 0.1) is 0 Å². The number of carboxylic acids is 2. The molecule has 0 rings (SSSR count). The van der Waals surface area contributed by atoms with Gasteiger partial charge in [-0.15, -0.1) is 0 Å². The Morgan fingerprint density at radius 1 is 1.17 bits per heavy atom. The molecule has 0 aromatic heterocycles. The second kappa shape index (κ2) is 11.7. The molecule has 0 spiro atoms.